The Morgan fingerprint density at radius 3 is 2.47 bits per heavy atom. The maximum atomic E-state index is 14.0. The lowest BCUT2D eigenvalue weighted by molar-refractivity contribution is -0.151. The molecule has 0 atom stereocenters. The largest absolute Gasteiger partial charge is 0.491 e. The van der Waals surface area contributed by atoms with Crippen LogP contribution in [0.2, 0.25) is 5.02 Å². The van der Waals surface area contributed by atoms with Gasteiger partial charge in [-0.2, -0.15) is 0 Å². The molecule has 194 valence electrons. The molecule has 36 heavy (non-hydrogen) atoms. The van der Waals surface area contributed by atoms with E-state index in [0.717, 1.165) is 31.4 Å². The summed E-state index contributed by atoms with van der Waals surface area (Å²) < 4.78 is 11.8. The fraction of sp³-hybridized carbons (Fsp3) is 0.517. The van der Waals surface area contributed by atoms with Gasteiger partial charge in [-0.05, 0) is 81.8 Å². The number of hydrogen-bond donors (Lipinski definition) is 0. The fourth-order valence-electron chi connectivity index (χ4n) is 5.30. The van der Waals surface area contributed by atoms with Crippen molar-refractivity contribution in [3.63, 3.8) is 0 Å². The highest BCUT2D eigenvalue weighted by atomic mass is 35.5. The minimum absolute atomic E-state index is 0.0164. The summed E-state index contributed by atoms with van der Waals surface area (Å²) in [5.74, 6) is 1.70. The van der Waals surface area contributed by atoms with Gasteiger partial charge in [-0.15, -0.1) is 0 Å². The number of carbonyl (C=O) groups excluding carboxylic acids is 2. The van der Waals surface area contributed by atoms with Gasteiger partial charge in [-0.25, -0.2) is 0 Å². The van der Waals surface area contributed by atoms with Gasteiger partial charge in [-0.3, -0.25) is 9.59 Å². The van der Waals surface area contributed by atoms with Gasteiger partial charge < -0.3 is 19.3 Å². The van der Waals surface area contributed by atoms with E-state index in [1.807, 2.05) is 21.9 Å². The van der Waals surface area contributed by atoms with Crippen molar-refractivity contribution in [2.45, 2.75) is 58.4 Å². The average molecular weight is 513 g/mol. The average Bonchev–Trinajstić information content (AvgIpc) is 2.88. The lowest BCUT2D eigenvalue weighted by atomic mass is 9.72. The number of carbonyl (C=O) groups is 2. The molecule has 2 amide bonds. The van der Waals surface area contributed by atoms with Crippen LogP contribution in [0.5, 0.6) is 11.5 Å². The first-order valence-electron chi connectivity index (χ1n) is 13.1. The summed E-state index contributed by atoms with van der Waals surface area (Å²) in [6.07, 6.45) is 5.13. The van der Waals surface area contributed by atoms with Crippen molar-refractivity contribution in [2.75, 3.05) is 32.8 Å². The molecule has 4 rings (SSSR count). The van der Waals surface area contributed by atoms with E-state index in [0.29, 0.717) is 49.9 Å². The van der Waals surface area contributed by atoms with Crippen LogP contribution in [0.15, 0.2) is 48.5 Å². The first kappa shape index (κ1) is 26.3. The molecule has 0 bridgehead atoms. The van der Waals surface area contributed by atoms with E-state index in [9.17, 15) is 9.59 Å². The summed E-state index contributed by atoms with van der Waals surface area (Å²) >= 11 is 5.92. The first-order valence-corrected chi connectivity index (χ1v) is 13.4. The number of rotatable bonds is 4. The van der Waals surface area contributed by atoms with Crippen LogP contribution in [0.4, 0.5) is 0 Å². The number of aryl methyl sites for hydroxylation is 1. The Kier molecular flexibility index (Phi) is 8.78. The molecule has 2 heterocycles. The van der Waals surface area contributed by atoms with Crippen LogP contribution in [0, 0.1) is 5.41 Å². The molecule has 1 spiro atoms. The number of ether oxygens (including phenoxy) is 2. The van der Waals surface area contributed by atoms with E-state index >= 15 is 0 Å². The highest BCUT2D eigenvalue weighted by molar-refractivity contribution is 6.30. The zero-order valence-electron chi connectivity index (χ0n) is 21.4. The third kappa shape index (κ3) is 6.33. The van der Waals surface area contributed by atoms with Crippen molar-refractivity contribution in [2.24, 2.45) is 5.41 Å². The first-order chi connectivity index (χ1) is 17.4. The van der Waals surface area contributed by atoms with E-state index < -0.39 is 5.41 Å². The summed E-state index contributed by atoms with van der Waals surface area (Å²) in [7, 11) is 0. The number of piperidine rings is 1. The van der Waals surface area contributed by atoms with Crippen molar-refractivity contribution in [3.8, 4) is 11.5 Å². The lowest BCUT2D eigenvalue weighted by Gasteiger charge is -2.44. The van der Waals surface area contributed by atoms with Gasteiger partial charge >= 0.3 is 0 Å². The minimum Gasteiger partial charge on any atom is -0.491 e. The number of benzene rings is 2. The molecule has 1 saturated heterocycles. The van der Waals surface area contributed by atoms with Crippen LogP contribution in [0.1, 0.15) is 51.5 Å². The highest BCUT2D eigenvalue weighted by Crippen LogP contribution is 2.40. The molecule has 0 radical (unpaired) electrons. The third-order valence-corrected chi connectivity index (χ3v) is 7.75. The van der Waals surface area contributed by atoms with Gasteiger partial charge in [-0.1, -0.05) is 36.2 Å². The van der Waals surface area contributed by atoms with E-state index in [-0.39, 0.29) is 24.5 Å². The topological polar surface area (TPSA) is 59.1 Å². The number of hydrogen-bond acceptors (Lipinski definition) is 4. The zero-order chi connectivity index (χ0) is 25.5. The van der Waals surface area contributed by atoms with Gasteiger partial charge in [0.15, 0.2) is 6.61 Å². The van der Waals surface area contributed by atoms with Crippen LogP contribution in [0.25, 0.3) is 0 Å². The van der Waals surface area contributed by atoms with Crippen LogP contribution in [0.3, 0.4) is 0 Å². The Bertz CT molecular complexity index is 1030. The van der Waals surface area contributed by atoms with Gasteiger partial charge in [0.2, 0.25) is 5.91 Å². The summed E-state index contributed by atoms with van der Waals surface area (Å²) in [5.41, 5.74) is 0.798. The quantitative estimate of drug-likeness (QED) is 0.552. The maximum absolute atomic E-state index is 14.0. The van der Waals surface area contributed by atoms with Crippen molar-refractivity contribution in [3.05, 3.63) is 59.1 Å². The van der Waals surface area contributed by atoms with Gasteiger partial charge in [0.1, 0.15) is 18.1 Å². The Hall–Kier alpha value is -2.73. The molecular weight excluding hydrogens is 476 g/mol. The Morgan fingerprint density at radius 2 is 1.75 bits per heavy atom. The molecule has 0 unspecified atom stereocenters. The number of halogens is 1. The van der Waals surface area contributed by atoms with E-state index in [4.69, 9.17) is 21.1 Å². The number of nitrogens with zero attached hydrogens (tertiary/aromatic N) is 2. The molecule has 2 aromatic rings. The lowest BCUT2D eigenvalue weighted by Crippen LogP contribution is -2.54. The van der Waals surface area contributed by atoms with Crippen LogP contribution in [-0.4, -0.2) is 60.5 Å². The molecule has 1 fully saturated rings. The smallest absolute Gasteiger partial charge is 0.260 e. The second-order valence-electron chi connectivity index (χ2n) is 10.2. The van der Waals surface area contributed by atoms with Crippen LogP contribution >= 0.6 is 11.6 Å². The highest BCUT2D eigenvalue weighted by Gasteiger charge is 2.44. The number of para-hydroxylation sites is 1. The van der Waals surface area contributed by atoms with Crippen molar-refractivity contribution in [1.29, 1.82) is 0 Å². The molecule has 7 heteroatoms. The van der Waals surface area contributed by atoms with E-state index in [2.05, 4.69) is 26.0 Å². The minimum atomic E-state index is -0.434. The van der Waals surface area contributed by atoms with Crippen molar-refractivity contribution in [1.82, 2.24) is 9.80 Å². The van der Waals surface area contributed by atoms with Crippen molar-refractivity contribution < 1.29 is 19.1 Å². The van der Waals surface area contributed by atoms with Gasteiger partial charge in [0, 0.05) is 24.2 Å². The third-order valence-electron chi connectivity index (χ3n) is 7.50. The number of likely N-dealkylation sites (tertiary alicyclic amines) is 1. The standard InChI is InChI=1S/C29H37ClN2O4/c1-22(2)32-19-20-35-26-9-4-3-7-23(26)8-5-6-14-29(28(32)34)15-17-31(18-16-29)27(33)21-36-25-12-10-24(30)11-13-25/h3-4,7,9-13,22H,5-6,8,14-21H2,1-2H3. The number of amides is 2. The molecular formula is C29H37ClN2O4. The normalized spacial score (nSPS) is 18.7. The molecule has 0 aliphatic carbocycles. The van der Waals surface area contributed by atoms with E-state index in [1.165, 1.54) is 5.56 Å². The molecule has 2 aliphatic heterocycles. The molecule has 2 aromatic carbocycles. The van der Waals surface area contributed by atoms with Crippen LogP contribution in [-0.2, 0) is 16.0 Å². The second kappa shape index (κ2) is 12.0. The Labute approximate surface area is 219 Å². The summed E-state index contributed by atoms with van der Waals surface area (Å²) in [6.45, 7) is 6.29. The predicted molar refractivity (Wildman–Crippen MR) is 142 cm³/mol. The monoisotopic (exact) mass is 512 g/mol. The molecule has 0 N–H and O–H groups in total. The molecule has 2 aliphatic rings. The number of fused-ring (bicyclic) bond motifs is 1. The fourth-order valence-corrected chi connectivity index (χ4v) is 5.43. The summed E-state index contributed by atoms with van der Waals surface area (Å²) in [6, 6.07) is 15.3. The van der Waals surface area contributed by atoms with Crippen molar-refractivity contribution >= 4 is 23.4 Å². The van der Waals surface area contributed by atoms with Gasteiger partial charge in [0.25, 0.3) is 5.91 Å². The van der Waals surface area contributed by atoms with Crippen LogP contribution < -0.4 is 9.47 Å². The van der Waals surface area contributed by atoms with Gasteiger partial charge in [0.05, 0.1) is 12.0 Å². The molecule has 0 saturated carbocycles. The summed E-state index contributed by atoms with van der Waals surface area (Å²) in [4.78, 5) is 30.6. The molecule has 6 nitrogen and oxygen atoms in total. The molecule has 0 aromatic heterocycles. The SMILES string of the molecule is CC(C)N1CCOc2ccccc2CCCCC2(CCN(C(=O)COc3ccc(Cl)cc3)CC2)C1=O. The Balaban J connectivity index is 1.42. The zero-order valence-corrected chi connectivity index (χ0v) is 22.1. The maximum Gasteiger partial charge on any atom is 0.260 e. The predicted octanol–water partition coefficient (Wildman–Crippen LogP) is 5.37. The second-order valence-corrected chi connectivity index (χ2v) is 10.6. The Morgan fingerprint density at radius 1 is 1.03 bits per heavy atom. The summed E-state index contributed by atoms with van der Waals surface area (Å²) in [5, 5.41) is 0.628. The van der Waals surface area contributed by atoms with E-state index in [1.54, 1.807) is 24.3 Å².